The summed E-state index contributed by atoms with van der Waals surface area (Å²) < 4.78 is 72.6. The highest BCUT2D eigenvalue weighted by Gasteiger charge is 2.34. The van der Waals surface area contributed by atoms with Gasteiger partial charge in [0, 0.05) is 37.6 Å². The molecule has 2 aromatic rings. The molecule has 0 radical (unpaired) electrons. The fourth-order valence-corrected chi connectivity index (χ4v) is 5.78. The third-order valence-electron chi connectivity index (χ3n) is 5.62. The number of halogens is 3. The van der Waals surface area contributed by atoms with E-state index in [-0.39, 0.29) is 34.6 Å². The molecule has 0 spiro atoms. The van der Waals surface area contributed by atoms with Crippen LogP contribution in [-0.4, -0.2) is 66.0 Å². The Morgan fingerprint density at radius 3 is 2.67 bits per heavy atom. The second kappa shape index (κ2) is 9.72. The molecule has 1 fully saturated rings. The lowest BCUT2D eigenvalue weighted by atomic mass is 10.1. The number of hydrogen-bond acceptors (Lipinski definition) is 5. The Bertz CT molecular complexity index is 1100. The van der Waals surface area contributed by atoms with E-state index in [9.17, 15) is 26.4 Å². The van der Waals surface area contributed by atoms with Crippen LogP contribution >= 0.6 is 0 Å². The van der Waals surface area contributed by atoms with E-state index < -0.39 is 28.7 Å². The number of carbonyl (C=O) groups is 1. The van der Waals surface area contributed by atoms with E-state index in [1.54, 1.807) is 0 Å². The number of imidazole rings is 1. The monoisotopic (exact) mass is 488 g/mol. The molecule has 33 heavy (non-hydrogen) atoms. The van der Waals surface area contributed by atoms with Crippen molar-refractivity contribution in [1.82, 2.24) is 18.8 Å². The lowest BCUT2D eigenvalue weighted by Gasteiger charge is -2.32. The predicted molar refractivity (Wildman–Crippen MR) is 114 cm³/mol. The molecule has 1 aromatic carbocycles. The van der Waals surface area contributed by atoms with E-state index in [0.717, 1.165) is 23.8 Å². The molecule has 3 rings (SSSR count). The van der Waals surface area contributed by atoms with Crippen LogP contribution in [0.25, 0.3) is 0 Å². The van der Waals surface area contributed by atoms with E-state index in [0.29, 0.717) is 6.54 Å². The number of methoxy groups -OCH3 is 1. The first-order valence-electron chi connectivity index (χ1n) is 10.5. The number of aromatic nitrogens is 2. The van der Waals surface area contributed by atoms with Gasteiger partial charge >= 0.3 is 6.18 Å². The van der Waals surface area contributed by atoms with Gasteiger partial charge < -0.3 is 14.2 Å². The summed E-state index contributed by atoms with van der Waals surface area (Å²) >= 11 is 0. The second-order valence-electron chi connectivity index (χ2n) is 8.07. The highest BCUT2D eigenvalue weighted by atomic mass is 32.2. The van der Waals surface area contributed by atoms with Crippen molar-refractivity contribution < 1.29 is 31.1 Å². The number of hydrogen-bond donors (Lipinski definition) is 0. The van der Waals surface area contributed by atoms with E-state index >= 15 is 0 Å². The summed E-state index contributed by atoms with van der Waals surface area (Å²) in [6, 6.07) is 3.92. The van der Waals surface area contributed by atoms with Gasteiger partial charge in [0.2, 0.25) is 10.0 Å². The lowest BCUT2D eigenvalue weighted by Crippen LogP contribution is -2.42. The van der Waals surface area contributed by atoms with E-state index in [2.05, 4.69) is 4.98 Å². The average molecular weight is 489 g/mol. The van der Waals surface area contributed by atoms with Gasteiger partial charge in [-0.2, -0.15) is 17.5 Å². The highest BCUT2D eigenvalue weighted by Crippen LogP contribution is 2.32. The van der Waals surface area contributed by atoms with Crippen LogP contribution in [0.5, 0.6) is 5.75 Å². The largest absolute Gasteiger partial charge is 0.495 e. The standard InChI is InChI=1S/C21H27F3N4O4S/c1-15-6-4-5-10-28(15)33(30,31)18-12-16(7-8-17(18)32-3)20(29)26(2)13-19-25-9-11-27(19)14-21(22,23)24/h7-9,11-12,15H,4-6,10,13-14H2,1-3H3. The van der Waals surface area contributed by atoms with Gasteiger partial charge in [-0.25, -0.2) is 13.4 Å². The van der Waals surface area contributed by atoms with Gasteiger partial charge in [0.1, 0.15) is 23.0 Å². The maximum absolute atomic E-state index is 13.4. The number of piperidine rings is 1. The van der Waals surface area contributed by atoms with Crippen LogP contribution in [0.4, 0.5) is 13.2 Å². The Kier molecular flexibility index (Phi) is 7.37. The smallest absolute Gasteiger partial charge is 0.406 e. The fourth-order valence-electron chi connectivity index (χ4n) is 3.90. The molecule has 1 aromatic heterocycles. The molecular weight excluding hydrogens is 461 g/mol. The van der Waals surface area contributed by atoms with Crippen molar-refractivity contribution >= 4 is 15.9 Å². The minimum atomic E-state index is -4.43. The molecular formula is C21H27F3N4O4S. The van der Waals surface area contributed by atoms with Crippen LogP contribution in [0.15, 0.2) is 35.5 Å². The first-order chi connectivity index (χ1) is 15.4. The van der Waals surface area contributed by atoms with Gasteiger partial charge in [-0.1, -0.05) is 6.42 Å². The zero-order valence-electron chi connectivity index (χ0n) is 18.7. The van der Waals surface area contributed by atoms with Gasteiger partial charge in [0.25, 0.3) is 5.91 Å². The predicted octanol–water partition coefficient (Wildman–Crippen LogP) is 3.29. The summed E-state index contributed by atoms with van der Waals surface area (Å²) in [5.74, 6) is -0.373. The third-order valence-corrected chi connectivity index (χ3v) is 7.65. The first-order valence-corrected chi connectivity index (χ1v) is 11.9. The number of carbonyl (C=O) groups excluding carboxylic acids is 1. The van der Waals surface area contributed by atoms with Gasteiger partial charge in [0.15, 0.2) is 0 Å². The minimum Gasteiger partial charge on any atom is -0.495 e. The van der Waals surface area contributed by atoms with Gasteiger partial charge in [-0.05, 0) is 38.0 Å². The van der Waals surface area contributed by atoms with Crippen LogP contribution in [0.2, 0.25) is 0 Å². The molecule has 2 heterocycles. The molecule has 1 atom stereocenters. The molecule has 1 aliphatic rings. The Labute approximate surface area is 191 Å². The molecule has 0 bridgehead atoms. The van der Waals surface area contributed by atoms with Crippen molar-refractivity contribution in [2.24, 2.45) is 0 Å². The quantitative estimate of drug-likeness (QED) is 0.597. The maximum Gasteiger partial charge on any atom is 0.406 e. The Balaban J connectivity index is 1.87. The zero-order valence-corrected chi connectivity index (χ0v) is 19.5. The number of benzene rings is 1. The Morgan fingerprint density at radius 1 is 1.30 bits per heavy atom. The van der Waals surface area contributed by atoms with Crippen LogP contribution in [0.1, 0.15) is 42.4 Å². The van der Waals surface area contributed by atoms with Crippen LogP contribution in [0.3, 0.4) is 0 Å². The van der Waals surface area contributed by atoms with Crippen LogP contribution in [-0.2, 0) is 23.1 Å². The topological polar surface area (TPSA) is 84.7 Å². The fraction of sp³-hybridized carbons (Fsp3) is 0.524. The molecule has 1 amide bonds. The molecule has 1 aliphatic heterocycles. The Hall–Kier alpha value is -2.60. The summed E-state index contributed by atoms with van der Waals surface area (Å²) in [7, 11) is -1.15. The highest BCUT2D eigenvalue weighted by molar-refractivity contribution is 7.89. The molecule has 182 valence electrons. The summed E-state index contributed by atoms with van der Waals surface area (Å²) in [5, 5.41) is 0. The normalized spacial score (nSPS) is 17.7. The van der Waals surface area contributed by atoms with E-state index in [1.165, 1.54) is 54.0 Å². The molecule has 1 unspecified atom stereocenters. The number of ether oxygens (including phenoxy) is 1. The summed E-state index contributed by atoms with van der Waals surface area (Å²) in [4.78, 5) is 18.0. The average Bonchev–Trinajstić information content (AvgIpc) is 3.17. The van der Waals surface area contributed by atoms with Crippen molar-refractivity contribution in [3.63, 3.8) is 0 Å². The number of rotatable bonds is 7. The maximum atomic E-state index is 13.4. The number of alkyl halides is 3. The van der Waals surface area contributed by atoms with Crippen molar-refractivity contribution in [1.29, 1.82) is 0 Å². The first kappa shape index (κ1) is 25.0. The molecule has 1 saturated heterocycles. The summed E-state index contributed by atoms with van der Waals surface area (Å²) in [6.07, 6.45) is 0.433. The van der Waals surface area contributed by atoms with Gasteiger partial charge in [0.05, 0.1) is 13.7 Å². The van der Waals surface area contributed by atoms with E-state index in [4.69, 9.17) is 4.74 Å². The van der Waals surface area contributed by atoms with Crippen LogP contribution < -0.4 is 4.74 Å². The summed E-state index contributed by atoms with van der Waals surface area (Å²) in [6.45, 7) is 0.824. The van der Waals surface area contributed by atoms with Crippen LogP contribution in [0, 0.1) is 0 Å². The molecule has 0 N–H and O–H groups in total. The second-order valence-corrected chi connectivity index (χ2v) is 9.93. The van der Waals surface area contributed by atoms with E-state index in [1.807, 2.05) is 6.92 Å². The number of amides is 1. The Morgan fingerprint density at radius 2 is 2.03 bits per heavy atom. The SMILES string of the molecule is COc1ccc(C(=O)N(C)Cc2nccn2CC(F)(F)F)cc1S(=O)(=O)N1CCCCC1C. The number of nitrogens with zero attached hydrogens (tertiary/aromatic N) is 4. The molecule has 0 saturated carbocycles. The lowest BCUT2D eigenvalue weighted by molar-refractivity contribution is -0.141. The molecule has 12 heteroatoms. The molecule has 8 nitrogen and oxygen atoms in total. The minimum absolute atomic E-state index is 0.0617. The van der Waals surface area contributed by atoms with Crippen molar-refractivity contribution in [3.05, 3.63) is 42.0 Å². The van der Waals surface area contributed by atoms with Crippen molar-refractivity contribution in [2.75, 3.05) is 20.7 Å². The van der Waals surface area contributed by atoms with Crippen molar-refractivity contribution in [2.45, 2.75) is 56.4 Å². The molecule has 0 aliphatic carbocycles. The van der Waals surface area contributed by atoms with Gasteiger partial charge in [-0.15, -0.1) is 0 Å². The summed E-state index contributed by atoms with van der Waals surface area (Å²) in [5.41, 5.74) is 0.0791. The third kappa shape index (κ3) is 5.67. The zero-order chi connectivity index (χ0) is 24.4. The number of sulfonamides is 1. The van der Waals surface area contributed by atoms with Crippen molar-refractivity contribution in [3.8, 4) is 5.75 Å². The van der Waals surface area contributed by atoms with Gasteiger partial charge in [-0.3, -0.25) is 4.79 Å².